The van der Waals surface area contributed by atoms with Crippen LogP contribution >= 0.6 is 23.2 Å². The Balaban J connectivity index is 2.15. The van der Waals surface area contributed by atoms with Gasteiger partial charge in [0.05, 0.1) is 16.9 Å². The lowest BCUT2D eigenvalue weighted by Crippen LogP contribution is -2.21. The van der Waals surface area contributed by atoms with E-state index in [9.17, 15) is 0 Å². The van der Waals surface area contributed by atoms with Crippen molar-refractivity contribution in [2.45, 2.75) is 19.8 Å². The summed E-state index contributed by atoms with van der Waals surface area (Å²) in [6.07, 6.45) is 3.75. The molecule has 1 aromatic carbocycles. The molecule has 0 aliphatic rings. The summed E-state index contributed by atoms with van der Waals surface area (Å²) in [6.45, 7) is 3.03. The number of halogens is 2. The highest BCUT2D eigenvalue weighted by Crippen LogP contribution is 2.27. The summed E-state index contributed by atoms with van der Waals surface area (Å²) < 4.78 is 0. The zero-order chi connectivity index (χ0) is 15.2. The van der Waals surface area contributed by atoms with E-state index in [1.807, 2.05) is 11.9 Å². The minimum absolute atomic E-state index is 0.568. The van der Waals surface area contributed by atoms with E-state index >= 15 is 0 Å². The molecule has 112 valence electrons. The van der Waals surface area contributed by atoms with Gasteiger partial charge in [0, 0.05) is 18.6 Å². The first-order chi connectivity index (χ1) is 10.1. The third kappa shape index (κ3) is 4.44. The highest BCUT2D eigenvalue weighted by atomic mass is 35.5. The normalized spacial score (nSPS) is 10.5. The topological polar surface area (TPSA) is 53.9 Å². The van der Waals surface area contributed by atoms with Crippen LogP contribution in [0.25, 0.3) is 0 Å². The van der Waals surface area contributed by atoms with E-state index in [1.54, 1.807) is 24.4 Å². The van der Waals surface area contributed by atoms with Crippen LogP contribution in [0.5, 0.6) is 0 Å². The average Bonchev–Trinajstić information content (AvgIpc) is 2.49. The van der Waals surface area contributed by atoms with Crippen LogP contribution in [0.15, 0.2) is 24.4 Å². The Bertz CT molecular complexity index is 606. The molecule has 0 aliphatic heterocycles. The maximum absolute atomic E-state index is 6.12. The van der Waals surface area contributed by atoms with Crippen molar-refractivity contribution in [2.24, 2.45) is 0 Å². The average molecular weight is 326 g/mol. The summed E-state index contributed by atoms with van der Waals surface area (Å²) in [6, 6.07) is 5.21. The third-order valence-electron chi connectivity index (χ3n) is 2.93. The van der Waals surface area contributed by atoms with E-state index in [2.05, 4.69) is 27.4 Å². The van der Waals surface area contributed by atoms with Crippen molar-refractivity contribution in [3.63, 3.8) is 0 Å². The van der Waals surface area contributed by atoms with Crippen molar-refractivity contribution in [1.29, 1.82) is 0 Å². The molecular weight excluding hydrogens is 309 g/mol. The SMILES string of the molecule is CCCCN(C)c1nncc(Nc2cc(Cl)ccc2Cl)n1. The van der Waals surface area contributed by atoms with E-state index in [1.165, 1.54) is 0 Å². The molecule has 0 saturated carbocycles. The van der Waals surface area contributed by atoms with Crippen LogP contribution in [0, 0.1) is 0 Å². The zero-order valence-electron chi connectivity index (χ0n) is 12.0. The number of hydrogen-bond donors (Lipinski definition) is 1. The molecule has 0 aliphatic carbocycles. The first-order valence-corrected chi connectivity index (χ1v) is 7.48. The Morgan fingerprint density at radius 3 is 2.86 bits per heavy atom. The van der Waals surface area contributed by atoms with Crippen LogP contribution in [0.1, 0.15) is 19.8 Å². The minimum Gasteiger partial charge on any atom is -0.343 e. The van der Waals surface area contributed by atoms with Gasteiger partial charge in [-0.2, -0.15) is 10.1 Å². The molecule has 0 spiro atoms. The van der Waals surface area contributed by atoms with Crippen molar-refractivity contribution >= 4 is 40.7 Å². The lowest BCUT2D eigenvalue weighted by atomic mass is 10.3. The summed E-state index contributed by atoms with van der Waals surface area (Å²) in [4.78, 5) is 6.40. The van der Waals surface area contributed by atoms with Gasteiger partial charge in [-0.25, -0.2) is 0 Å². The van der Waals surface area contributed by atoms with Gasteiger partial charge in [-0.1, -0.05) is 36.5 Å². The largest absolute Gasteiger partial charge is 0.343 e. The predicted molar refractivity (Wildman–Crippen MR) is 87.7 cm³/mol. The molecule has 0 radical (unpaired) electrons. The van der Waals surface area contributed by atoms with Crippen LogP contribution < -0.4 is 10.2 Å². The molecule has 0 saturated heterocycles. The Morgan fingerprint density at radius 1 is 1.29 bits per heavy atom. The molecule has 21 heavy (non-hydrogen) atoms. The van der Waals surface area contributed by atoms with Crippen LogP contribution in [0.4, 0.5) is 17.5 Å². The number of rotatable bonds is 6. The Kier molecular flexibility index (Phi) is 5.59. The van der Waals surface area contributed by atoms with E-state index < -0.39 is 0 Å². The van der Waals surface area contributed by atoms with E-state index in [0.717, 1.165) is 19.4 Å². The molecule has 1 N–H and O–H groups in total. The van der Waals surface area contributed by atoms with Gasteiger partial charge in [0.2, 0.25) is 5.95 Å². The predicted octanol–water partition coefficient (Wildman–Crippen LogP) is 4.16. The summed E-state index contributed by atoms with van der Waals surface area (Å²) in [7, 11) is 1.95. The fourth-order valence-corrected chi connectivity index (χ4v) is 2.08. The van der Waals surface area contributed by atoms with E-state index in [0.29, 0.717) is 27.5 Å². The molecule has 0 amide bonds. The summed E-state index contributed by atoms with van der Waals surface area (Å²) >= 11 is 12.1. The van der Waals surface area contributed by atoms with E-state index in [-0.39, 0.29) is 0 Å². The van der Waals surface area contributed by atoms with Gasteiger partial charge in [0.1, 0.15) is 0 Å². The van der Waals surface area contributed by atoms with Gasteiger partial charge in [0.15, 0.2) is 5.82 Å². The number of benzene rings is 1. The maximum Gasteiger partial charge on any atom is 0.247 e. The second-order valence-electron chi connectivity index (χ2n) is 4.67. The van der Waals surface area contributed by atoms with Crippen LogP contribution in [-0.2, 0) is 0 Å². The number of unbranched alkanes of at least 4 members (excludes halogenated alkanes) is 1. The van der Waals surface area contributed by atoms with Gasteiger partial charge in [-0.05, 0) is 24.6 Å². The quantitative estimate of drug-likeness (QED) is 0.864. The van der Waals surface area contributed by atoms with Crippen molar-refractivity contribution in [1.82, 2.24) is 15.2 Å². The van der Waals surface area contributed by atoms with Gasteiger partial charge < -0.3 is 10.2 Å². The zero-order valence-corrected chi connectivity index (χ0v) is 13.5. The molecule has 0 unspecified atom stereocenters. The first-order valence-electron chi connectivity index (χ1n) is 6.73. The van der Waals surface area contributed by atoms with E-state index in [4.69, 9.17) is 23.2 Å². The van der Waals surface area contributed by atoms with Crippen LogP contribution in [0.2, 0.25) is 10.0 Å². The standard InChI is InChI=1S/C14H17Cl2N5/c1-3-4-7-21(2)14-19-13(9-17-20-14)18-12-8-10(15)5-6-11(12)16/h5-6,8-9H,3-4,7H2,1-2H3,(H,18,19,20). The molecule has 2 rings (SSSR count). The fraction of sp³-hybridized carbons (Fsp3) is 0.357. The molecule has 1 heterocycles. The first kappa shape index (κ1) is 15.8. The van der Waals surface area contributed by atoms with Crippen molar-refractivity contribution < 1.29 is 0 Å². The summed E-state index contributed by atoms with van der Waals surface area (Å²) in [5, 5.41) is 12.3. The molecule has 5 nitrogen and oxygen atoms in total. The second kappa shape index (κ2) is 7.43. The number of nitrogens with zero attached hydrogens (tertiary/aromatic N) is 4. The fourth-order valence-electron chi connectivity index (χ4n) is 1.74. The van der Waals surface area contributed by atoms with Gasteiger partial charge >= 0.3 is 0 Å². The van der Waals surface area contributed by atoms with Crippen LogP contribution in [0.3, 0.4) is 0 Å². The molecule has 1 aromatic heterocycles. The number of anilines is 3. The molecule has 2 aromatic rings. The monoisotopic (exact) mass is 325 g/mol. The Morgan fingerprint density at radius 2 is 2.10 bits per heavy atom. The maximum atomic E-state index is 6.12. The molecule has 7 heteroatoms. The minimum atomic E-state index is 0.568. The Labute approximate surface area is 134 Å². The van der Waals surface area contributed by atoms with Crippen molar-refractivity contribution in [3.8, 4) is 0 Å². The summed E-state index contributed by atoms with van der Waals surface area (Å²) in [5.41, 5.74) is 0.687. The highest BCUT2D eigenvalue weighted by molar-refractivity contribution is 6.35. The molecule has 0 atom stereocenters. The second-order valence-corrected chi connectivity index (χ2v) is 5.51. The highest BCUT2D eigenvalue weighted by Gasteiger charge is 2.08. The van der Waals surface area contributed by atoms with Gasteiger partial charge in [-0.15, -0.1) is 5.10 Å². The molecule has 0 fully saturated rings. The molecule has 0 bridgehead atoms. The lowest BCUT2D eigenvalue weighted by molar-refractivity contribution is 0.741. The number of aromatic nitrogens is 3. The smallest absolute Gasteiger partial charge is 0.247 e. The third-order valence-corrected chi connectivity index (χ3v) is 3.49. The van der Waals surface area contributed by atoms with Gasteiger partial charge in [0.25, 0.3) is 0 Å². The lowest BCUT2D eigenvalue weighted by Gasteiger charge is -2.16. The number of hydrogen-bond acceptors (Lipinski definition) is 5. The summed E-state index contributed by atoms with van der Waals surface area (Å²) in [5.74, 6) is 1.15. The van der Waals surface area contributed by atoms with Gasteiger partial charge in [-0.3, -0.25) is 0 Å². The van der Waals surface area contributed by atoms with Crippen molar-refractivity contribution in [3.05, 3.63) is 34.4 Å². The van der Waals surface area contributed by atoms with Crippen molar-refractivity contribution in [2.75, 3.05) is 23.8 Å². The number of nitrogens with one attached hydrogen (secondary N) is 1. The van der Waals surface area contributed by atoms with Crippen LogP contribution in [-0.4, -0.2) is 28.8 Å². The Hall–Kier alpha value is -1.59. The molecular formula is C14H17Cl2N5.